The first-order chi connectivity index (χ1) is 10.1. The van der Waals surface area contributed by atoms with Crippen LogP contribution in [0.1, 0.15) is 31.9 Å². The van der Waals surface area contributed by atoms with Crippen molar-refractivity contribution in [3.8, 4) is 0 Å². The van der Waals surface area contributed by atoms with Gasteiger partial charge in [-0.05, 0) is 44.5 Å². The molecule has 6 nitrogen and oxygen atoms in total. The van der Waals surface area contributed by atoms with Gasteiger partial charge in [-0.2, -0.15) is 0 Å². The fraction of sp³-hybridized carbons (Fsp3) is 0.600. The van der Waals surface area contributed by atoms with Gasteiger partial charge in [0.2, 0.25) is 5.91 Å². The first-order valence-corrected chi connectivity index (χ1v) is 7.30. The molecular formula is C15H24N2O4. The van der Waals surface area contributed by atoms with E-state index in [-0.39, 0.29) is 11.8 Å². The van der Waals surface area contributed by atoms with Gasteiger partial charge in [-0.1, -0.05) is 0 Å². The van der Waals surface area contributed by atoms with E-state index < -0.39 is 5.97 Å². The second-order valence-corrected chi connectivity index (χ2v) is 5.02. The summed E-state index contributed by atoms with van der Waals surface area (Å²) in [6.45, 7) is 3.74. The molecule has 0 radical (unpaired) electrons. The number of carboxylic acid groups (broad SMARTS) is 1. The molecule has 0 saturated carbocycles. The smallest absolute Gasteiger partial charge is 0.300 e. The third-order valence-corrected chi connectivity index (χ3v) is 3.20. The summed E-state index contributed by atoms with van der Waals surface area (Å²) < 4.78 is 5.22. The molecule has 2 heterocycles. The lowest BCUT2D eigenvalue weighted by Crippen LogP contribution is -2.32. The molecule has 3 N–H and O–H groups in total. The van der Waals surface area contributed by atoms with Gasteiger partial charge < -0.3 is 20.2 Å². The van der Waals surface area contributed by atoms with Gasteiger partial charge in [-0.25, -0.2) is 0 Å². The van der Waals surface area contributed by atoms with Crippen molar-refractivity contribution >= 4 is 11.9 Å². The summed E-state index contributed by atoms with van der Waals surface area (Å²) in [4.78, 5) is 20.9. The quantitative estimate of drug-likeness (QED) is 0.781. The summed E-state index contributed by atoms with van der Waals surface area (Å²) in [5.41, 5.74) is 0. The molecule has 1 aliphatic heterocycles. The fourth-order valence-corrected chi connectivity index (χ4v) is 2.19. The Morgan fingerprint density at radius 3 is 2.86 bits per heavy atom. The number of amides is 1. The number of carbonyl (C=O) groups excluding carboxylic acids is 1. The lowest BCUT2D eigenvalue weighted by atomic mass is 10.00. The van der Waals surface area contributed by atoms with Gasteiger partial charge >= 0.3 is 0 Å². The molecule has 0 spiro atoms. The maximum absolute atomic E-state index is 11.9. The van der Waals surface area contributed by atoms with E-state index >= 15 is 0 Å². The van der Waals surface area contributed by atoms with Crippen molar-refractivity contribution in [1.82, 2.24) is 10.6 Å². The van der Waals surface area contributed by atoms with Gasteiger partial charge in [0.05, 0.1) is 6.26 Å². The van der Waals surface area contributed by atoms with E-state index in [1.807, 2.05) is 12.1 Å². The highest BCUT2D eigenvalue weighted by Crippen LogP contribution is 2.13. The second-order valence-electron chi connectivity index (χ2n) is 5.02. The van der Waals surface area contributed by atoms with Crippen LogP contribution in [0.3, 0.4) is 0 Å². The molecule has 1 amide bonds. The zero-order valence-electron chi connectivity index (χ0n) is 12.4. The van der Waals surface area contributed by atoms with Crippen LogP contribution in [0.2, 0.25) is 0 Å². The normalized spacial score (nSPS) is 18.0. The topological polar surface area (TPSA) is 91.6 Å². The number of hydrogen-bond donors (Lipinski definition) is 3. The van der Waals surface area contributed by atoms with Gasteiger partial charge in [-0.3, -0.25) is 9.59 Å². The van der Waals surface area contributed by atoms with Crippen molar-refractivity contribution < 1.29 is 19.1 Å². The van der Waals surface area contributed by atoms with Crippen molar-refractivity contribution in [2.75, 3.05) is 19.6 Å². The predicted molar refractivity (Wildman–Crippen MR) is 78.9 cm³/mol. The minimum atomic E-state index is -0.833. The Bertz CT molecular complexity index is 405. The molecule has 0 aromatic carbocycles. The van der Waals surface area contributed by atoms with Crippen LogP contribution in [-0.2, 0) is 16.0 Å². The van der Waals surface area contributed by atoms with Crippen LogP contribution in [0.5, 0.6) is 0 Å². The zero-order valence-corrected chi connectivity index (χ0v) is 12.4. The summed E-state index contributed by atoms with van der Waals surface area (Å²) in [7, 11) is 0. The second kappa shape index (κ2) is 9.99. The maximum Gasteiger partial charge on any atom is 0.300 e. The van der Waals surface area contributed by atoms with Crippen LogP contribution < -0.4 is 10.6 Å². The Hall–Kier alpha value is -1.82. The molecule has 1 fully saturated rings. The van der Waals surface area contributed by atoms with Crippen molar-refractivity contribution in [3.63, 3.8) is 0 Å². The van der Waals surface area contributed by atoms with Crippen molar-refractivity contribution in [1.29, 1.82) is 0 Å². The van der Waals surface area contributed by atoms with Gasteiger partial charge in [0.25, 0.3) is 5.97 Å². The molecule has 118 valence electrons. The van der Waals surface area contributed by atoms with Crippen LogP contribution in [0.4, 0.5) is 0 Å². The standard InChI is InChI=1S/C13H20N2O2.C2H4O2/c16-13(11-3-1-7-14-8-5-11)15-9-6-12-4-2-10-17-12;1-2(3)4/h2,4,10-11,14H,1,3,5-9H2,(H,15,16);1H3,(H,3,4). The molecule has 0 bridgehead atoms. The summed E-state index contributed by atoms with van der Waals surface area (Å²) >= 11 is 0. The minimum absolute atomic E-state index is 0.182. The number of carbonyl (C=O) groups is 2. The van der Waals surface area contributed by atoms with E-state index in [0.29, 0.717) is 6.54 Å². The average Bonchev–Trinajstić information content (AvgIpc) is 2.78. The molecule has 1 unspecified atom stereocenters. The van der Waals surface area contributed by atoms with Crippen molar-refractivity contribution in [2.45, 2.75) is 32.6 Å². The summed E-state index contributed by atoms with van der Waals surface area (Å²) in [5.74, 6) is 0.467. The average molecular weight is 296 g/mol. The highest BCUT2D eigenvalue weighted by molar-refractivity contribution is 5.78. The number of rotatable bonds is 4. The molecular weight excluding hydrogens is 272 g/mol. The lowest BCUT2D eigenvalue weighted by molar-refractivity contribution is -0.134. The van der Waals surface area contributed by atoms with Gasteiger partial charge in [0.1, 0.15) is 5.76 Å². The number of aliphatic carboxylic acids is 1. The molecule has 1 aromatic rings. The Kier molecular flexibility index (Phi) is 8.19. The highest BCUT2D eigenvalue weighted by Gasteiger charge is 2.19. The molecule has 2 rings (SSSR count). The van der Waals surface area contributed by atoms with Gasteiger partial charge in [0.15, 0.2) is 0 Å². The first kappa shape index (κ1) is 17.2. The van der Waals surface area contributed by atoms with E-state index in [0.717, 1.165) is 51.5 Å². The Balaban J connectivity index is 0.000000491. The number of hydrogen-bond acceptors (Lipinski definition) is 4. The predicted octanol–water partition coefficient (Wildman–Crippen LogP) is 1.42. The van der Waals surface area contributed by atoms with E-state index in [9.17, 15) is 4.79 Å². The van der Waals surface area contributed by atoms with Gasteiger partial charge in [-0.15, -0.1) is 0 Å². The van der Waals surface area contributed by atoms with Crippen LogP contribution in [-0.4, -0.2) is 36.6 Å². The molecule has 1 aromatic heterocycles. The number of nitrogens with one attached hydrogen (secondary N) is 2. The summed E-state index contributed by atoms with van der Waals surface area (Å²) in [5, 5.41) is 13.7. The highest BCUT2D eigenvalue weighted by atomic mass is 16.4. The van der Waals surface area contributed by atoms with Crippen LogP contribution >= 0.6 is 0 Å². The molecule has 1 aliphatic rings. The van der Waals surface area contributed by atoms with Crippen molar-refractivity contribution in [3.05, 3.63) is 24.2 Å². The fourth-order valence-electron chi connectivity index (χ4n) is 2.19. The third kappa shape index (κ3) is 8.14. The van der Waals surface area contributed by atoms with Gasteiger partial charge in [0, 0.05) is 25.8 Å². The van der Waals surface area contributed by atoms with Crippen LogP contribution in [0, 0.1) is 5.92 Å². The van der Waals surface area contributed by atoms with Crippen LogP contribution in [0.25, 0.3) is 0 Å². The Morgan fingerprint density at radius 2 is 2.19 bits per heavy atom. The number of carboxylic acids is 1. The van der Waals surface area contributed by atoms with Crippen LogP contribution in [0.15, 0.2) is 22.8 Å². The van der Waals surface area contributed by atoms with E-state index in [4.69, 9.17) is 14.3 Å². The largest absolute Gasteiger partial charge is 0.481 e. The zero-order chi connectivity index (χ0) is 15.5. The third-order valence-electron chi connectivity index (χ3n) is 3.20. The molecule has 1 atom stereocenters. The lowest BCUT2D eigenvalue weighted by Gasteiger charge is -2.13. The number of furan rings is 1. The SMILES string of the molecule is CC(=O)O.O=C(NCCc1ccco1)C1CCCNCC1. The summed E-state index contributed by atoms with van der Waals surface area (Å²) in [6.07, 6.45) is 5.47. The van der Waals surface area contributed by atoms with E-state index in [1.165, 1.54) is 0 Å². The minimum Gasteiger partial charge on any atom is -0.481 e. The van der Waals surface area contributed by atoms with E-state index in [2.05, 4.69) is 10.6 Å². The van der Waals surface area contributed by atoms with E-state index in [1.54, 1.807) is 6.26 Å². The Morgan fingerprint density at radius 1 is 1.43 bits per heavy atom. The van der Waals surface area contributed by atoms with Crippen molar-refractivity contribution in [2.24, 2.45) is 5.92 Å². The molecule has 1 saturated heterocycles. The maximum atomic E-state index is 11.9. The summed E-state index contributed by atoms with van der Waals surface area (Å²) in [6, 6.07) is 3.80. The molecule has 0 aliphatic carbocycles. The monoisotopic (exact) mass is 296 g/mol. The Labute approximate surface area is 124 Å². The molecule has 6 heteroatoms. The molecule has 21 heavy (non-hydrogen) atoms. The first-order valence-electron chi connectivity index (χ1n) is 7.30.